The molecule has 1 nitrogen and oxygen atoms in total. The van der Waals surface area contributed by atoms with Crippen LogP contribution in [0.1, 0.15) is 35.6 Å². The van der Waals surface area contributed by atoms with Crippen molar-refractivity contribution in [3.05, 3.63) is 34.9 Å². The number of hydrogen-bond donors (Lipinski definition) is 1. The third-order valence-electron chi connectivity index (χ3n) is 2.83. The topological polar surface area (TPSA) is 26.0 Å². The summed E-state index contributed by atoms with van der Waals surface area (Å²) in [5.74, 6) is 0. The van der Waals surface area contributed by atoms with Crippen molar-refractivity contribution < 1.29 is 13.2 Å². The van der Waals surface area contributed by atoms with Gasteiger partial charge in [0.1, 0.15) is 0 Å². The maximum absolute atomic E-state index is 12.4. The number of alkyl halides is 3. The van der Waals surface area contributed by atoms with Gasteiger partial charge >= 0.3 is 6.18 Å². The maximum atomic E-state index is 12.4. The van der Waals surface area contributed by atoms with Crippen molar-refractivity contribution in [2.45, 2.75) is 31.5 Å². The molecule has 0 heterocycles. The first kappa shape index (κ1) is 10.5. The van der Waals surface area contributed by atoms with Crippen molar-refractivity contribution in [1.82, 2.24) is 0 Å². The fourth-order valence-electron chi connectivity index (χ4n) is 2.01. The summed E-state index contributed by atoms with van der Waals surface area (Å²) in [6.45, 7) is 0. The Balaban J connectivity index is 2.44. The lowest BCUT2D eigenvalue weighted by atomic mass is 9.87. The SMILES string of the molecule is N[C@@H]1CCCc2ccc(C(F)(F)F)cc21. The fourth-order valence-corrected chi connectivity index (χ4v) is 2.01. The number of aryl methyl sites for hydroxylation is 1. The molecule has 0 aliphatic heterocycles. The molecule has 2 rings (SSSR count). The van der Waals surface area contributed by atoms with Gasteiger partial charge in [0.15, 0.2) is 0 Å². The minimum Gasteiger partial charge on any atom is -0.324 e. The molecule has 1 aromatic rings. The number of nitrogens with two attached hydrogens (primary N) is 1. The first-order valence-electron chi connectivity index (χ1n) is 4.94. The third kappa shape index (κ3) is 2.00. The van der Waals surface area contributed by atoms with E-state index in [0.29, 0.717) is 5.56 Å². The van der Waals surface area contributed by atoms with Crippen LogP contribution in [0.25, 0.3) is 0 Å². The largest absolute Gasteiger partial charge is 0.416 e. The first-order chi connectivity index (χ1) is 6.98. The second-order valence-corrected chi connectivity index (χ2v) is 3.91. The normalized spacial score (nSPS) is 21.2. The van der Waals surface area contributed by atoms with Crippen LogP contribution in [0.3, 0.4) is 0 Å². The van der Waals surface area contributed by atoms with Gasteiger partial charge in [-0.25, -0.2) is 0 Å². The Morgan fingerprint density at radius 3 is 2.67 bits per heavy atom. The molecule has 1 aliphatic rings. The van der Waals surface area contributed by atoms with Gasteiger partial charge in [-0.05, 0) is 42.5 Å². The van der Waals surface area contributed by atoms with Crippen molar-refractivity contribution in [2.75, 3.05) is 0 Å². The van der Waals surface area contributed by atoms with Gasteiger partial charge < -0.3 is 5.73 Å². The van der Waals surface area contributed by atoms with Crippen LogP contribution in [-0.2, 0) is 12.6 Å². The number of rotatable bonds is 0. The van der Waals surface area contributed by atoms with Gasteiger partial charge in [-0.2, -0.15) is 13.2 Å². The van der Waals surface area contributed by atoms with Crippen molar-refractivity contribution in [3.8, 4) is 0 Å². The summed E-state index contributed by atoms with van der Waals surface area (Å²) >= 11 is 0. The number of hydrogen-bond acceptors (Lipinski definition) is 1. The Labute approximate surface area is 86.1 Å². The average Bonchev–Trinajstić information content (AvgIpc) is 2.16. The van der Waals surface area contributed by atoms with Gasteiger partial charge in [0, 0.05) is 6.04 Å². The zero-order valence-corrected chi connectivity index (χ0v) is 8.14. The number of halogens is 3. The molecule has 0 amide bonds. The van der Waals surface area contributed by atoms with Crippen LogP contribution in [-0.4, -0.2) is 0 Å². The number of benzene rings is 1. The molecule has 0 fully saturated rings. The summed E-state index contributed by atoms with van der Waals surface area (Å²) in [7, 11) is 0. The highest BCUT2D eigenvalue weighted by molar-refractivity contribution is 5.37. The van der Waals surface area contributed by atoms with E-state index in [1.165, 1.54) is 6.07 Å². The maximum Gasteiger partial charge on any atom is 0.416 e. The lowest BCUT2D eigenvalue weighted by Crippen LogP contribution is -2.18. The molecular formula is C11H12F3N. The Kier molecular flexibility index (Phi) is 2.46. The highest BCUT2D eigenvalue weighted by Crippen LogP contribution is 2.34. The Morgan fingerprint density at radius 1 is 1.27 bits per heavy atom. The van der Waals surface area contributed by atoms with Crippen molar-refractivity contribution >= 4 is 0 Å². The van der Waals surface area contributed by atoms with E-state index in [-0.39, 0.29) is 6.04 Å². The predicted molar refractivity (Wildman–Crippen MR) is 51.3 cm³/mol. The van der Waals surface area contributed by atoms with E-state index in [0.717, 1.165) is 30.9 Å². The van der Waals surface area contributed by atoms with E-state index in [1.54, 1.807) is 6.07 Å². The molecule has 4 heteroatoms. The summed E-state index contributed by atoms with van der Waals surface area (Å²) in [5, 5.41) is 0. The smallest absolute Gasteiger partial charge is 0.324 e. The molecule has 1 atom stereocenters. The molecule has 0 saturated carbocycles. The lowest BCUT2D eigenvalue weighted by Gasteiger charge is -2.23. The average molecular weight is 215 g/mol. The van der Waals surface area contributed by atoms with Crippen LogP contribution < -0.4 is 5.73 Å². The van der Waals surface area contributed by atoms with E-state index >= 15 is 0 Å². The van der Waals surface area contributed by atoms with Gasteiger partial charge in [-0.1, -0.05) is 6.07 Å². The minimum absolute atomic E-state index is 0.240. The van der Waals surface area contributed by atoms with Crippen LogP contribution in [0.5, 0.6) is 0 Å². The predicted octanol–water partition coefficient (Wildman–Crippen LogP) is 3.04. The van der Waals surface area contributed by atoms with Crippen LogP contribution in [0.2, 0.25) is 0 Å². The van der Waals surface area contributed by atoms with Crippen LogP contribution in [0.15, 0.2) is 18.2 Å². The molecule has 1 aliphatic carbocycles. The van der Waals surface area contributed by atoms with E-state index < -0.39 is 11.7 Å². The molecule has 82 valence electrons. The highest BCUT2D eigenvalue weighted by Gasteiger charge is 2.31. The lowest BCUT2D eigenvalue weighted by molar-refractivity contribution is -0.137. The van der Waals surface area contributed by atoms with E-state index in [1.807, 2.05) is 0 Å². The molecule has 0 unspecified atom stereocenters. The summed E-state index contributed by atoms with van der Waals surface area (Å²) in [6.07, 6.45) is -1.71. The van der Waals surface area contributed by atoms with Crippen molar-refractivity contribution in [3.63, 3.8) is 0 Å². The number of fused-ring (bicyclic) bond motifs is 1. The Hall–Kier alpha value is -1.03. The molecule has 2 N–H and O–H groups in total. The van der Waals surface area contributed by atoms with Gasteiger partial charge in [0.25, 0.3) is 0 Å². The second-order valence-electron chi connectivity index (χ2n) is 3.91. The Bertz CT molecular complexity index is 371. The zero-order valence-electron chi connectivity index (χ0n) is 8.14. The third-order valence-corrected chi connectivity index (χ3v) is 2.83. The Morgan fingerprint density at radius 2 is 2.00 bits per heavy atom. The summed E-state index contributed by atoms with van der Waals surface area (Å²) in [5.41, 5.74) is 6.82. The summed E-state index contributed by atoms with van der Waals surface area (Å²) in [6, 6.07) is 3.64. The molecular weight excluding hydrogens is 203 g/mol. The van der Waals surface area contributed by atoms with Crippen LogP contribution in [0.4, 0.5) is 13.2 Å². The molecule has 0 aromatic heterocycles. The highest BCUT2D eigenvalue weighted by atomic mass is 19.4. The standard InChI is InChI=1S/C11H12F3N/c12-11(13,14)8-5-4-7-2-1-3-10(15)9(7)6-8/h4-6,10H,1-3,15H2/t10-/m1/s1. The second kappa shape index (κ2) is 3.52. The quantitative estimate of drug-likeness (QED) is 0.707. The van der Waals surface area contributed by atoms with Crippen LogP contribution >= 0.6 is 0 Å². The summed E-state index contributed by atoms with van der Waals surface area (Å²) in [4.78, 5) is 0. The van der Waals surface area contributed by atoms with Gasteiger partial charge in [-0.15, -0.1) is 0 Å². The van der Waals surface area contributed by atoms with E-state index in [4.69, 9.17) is 5.73 Å². The van der Waals surface area contributed by atoms with Crippen molar-refractivity contribution in [1.29, 1.82) is 0 Å². The van der Waals surface area contributed by atoms with E-state index in [9.17, 15) is 13.2 Å². The monoisotopic (exact) mass is 215 g/mol. The molecule has 0 saturated heterocycles. The van der Waals surface area contributed by atoms with Gasteiger partial charge in [-0.3, -0.25) is 0 Å². The van der Waals surface area contributed by atoms with E-state index in [2.05, 4.69) is 0 Å². The first-order valence-corrected chi connectivity index (χ1v) is 4.94. The fraction of sp³-hybridized carbons (Fsp3) is 0.455. The molecule has 0 radical (unpaired) electrons. The van der Waals surface area contributed by atoms with Crippen LogP contribution in [0, 0.1) is 0 Å². The van der Waals surface area contributed by atoms with Crippen molar-refractivity contribution in [2.24, 2.45) is 5.73 Å². The molecule has 1 aromatic carbocycles. The summed E-state index contributed by atoms with van der Waals surface area (Å²) < 4.78 is 37.3. The zero-order chi connectivity index (χ0) is 11.1. The van der Waals surface area contributed by atoms with Gasteiger partial charge in [0.05, 0.1) is 5.56 Å². The van der Waals surface area contributed by atoms with Gasteiger partial charge in [0.2, 0.25) is 0 Å². The molecule has 15 heavy (non-hydrogen) atoms. The molecule has 0 spiro atoms. The molecule has 0 bridgehead atoms. The minimum atomic E-state index is -4.27.